The number of rotatable bonds is 7. The Kier molecular flexibility index (Phi) is 6.81. The van der Waals surface area contributed by atoms with Gasteiger partial charge >= 0.3 is 0 Å². The van der Waals surface area contributed by atoms with E-state index in [1.807, 2.05) is 0 Å². The predicted octanol–water partition coefficient (Wildman–Crippen LogP) is 7.45. The van der Waals surface area contributed by atoms with E-state index in [9.17, 15) is 0 Å². The first-order valence-corrected chi connectivity index (χ1v) is 10.9. The maximum absolute atomic E-state index is 2.58. The third kappa shape index (κ3) is 4.87. The van der Waals surface area contributed by atoms with E-state index >= 15 is 0 Å². The van der Waals surface area contributed by atoms with E-state index in [4.69, 9.17) is 0 Å². The van der Waals surface area contributed by atoms with Crippen LogP contribution in [0.5, 0.6) is 0 Å². The molecule has 1 aromatic carbocycles. The van der Waals surface area contributed by atoms with Crippen molar-refractivity contribution in [1.82, 2.24) is 0 Å². The first-order valence-electron chi connectivity index (χ1n) is 10.9. The van der Waals surface area contributed by atoms with Gasteiger partial charge in [-0.15, -0.1) is 0 Å². The summed E-state index contributed by atoms with van der Waals surface area (Å²) in [6.45, 7) is 4.71. The Morgan fingerprint density at radius 2 is 1.67 bits per heavy atom. The van der Waals surface area contributed by atoms with Gasteiger partial charge in [0.2, 0.25) is 0 Å². The second-order valence-electron chi connectivity index (χ2n) is 8.80. The highest BCUT2D eigenvalue weighted by Crippen LogP contribution is 2.39. The highest BCUT2D eigenvalue weighted by Gasteiger charge is 2.23. The molecule has 0 amide bonds. The highest BCUT2D eigenvalue weighted by molar-refractivity contribution is 5.36. The van der Waals surface area contributed by atoms with Crippen molar-refractivity contribution in [2.45, 2.75) is 103 Å². The van der Waals surface area contributed by atoms with Crippen LogP contribution in [-0.4, -0.2) is 0 Å². The molecule has 0 N–H and O–H groups in total. The Morgan fingerprint density at radius 1 is 0.875 bits per heavy atom. The SMILES string of the molecule is CCCCCCC[C@H]1CC[C@H](c2ccc3c(c2)CCC(C)C3)CC1. The Morgan fingerprint density at radius 3 is 2.46 bits per heavy atom. The molecule has 0 heterocycles. The molecule has 0 saturated heterocycles. The summed E-state index contributed by atoms with van der Waals surface area (Å²) < 4.78 is 0. The van der Waals surface area contributed by atoms with E-state index in [-0.39, 0.29) is 0 Å². The topological polar surface area (TPSA) is 0 Å². The number of aryl methyl sites for hydroxylation is 1. The molecular formula is C24H38. The summed E-state index contributed by atoms with van der Waals surface area (Å²) in [7, 11) is 0. The molecule has 0 spiro atoms. The van der Waals surface area contributed by atoms with E-state index < -0.39 is 0 Å². The van der Waals surface area contributed by atoms with Crippen LogP contribution in [0.4, 0.5) is 0 Å². The van der Waals surface area contributed by atoms with Crippen LogP contribution < -0.4 is 0 Å². The van der Waals surface area contributed by atoms with E-state index in [0.717, 1.165) is 17.8 Å². The molecule has 1 aromatic rings. The van der Waals surface area contributed by atoms with Gasteiger partial charge in [0, 0.05) is 0 Å². The molecule has 0 heteroatoms. The lowest BCUT2D eigenvalue weighted by Crippen LogP contribution is -2.15. The number of hydrogen-bond donors (Lipinski definition) is 0. The van der Waals surface area contributed by atoms with Gasteiger partial charge in [0.25, 0.3) is 0 Å². The highest BCUT2D eigenvalue weighted by atomic mass is 14.3. The summed E-state index contributed by atoms with van der Waals surface area (Å²) in [5, 5.41) is 0. The van der Waals surface area contributed by atoms with Gasteiger partial charge < -0.3 is 0 Å². The van der Waals surface area contributed by atoms with E-state index in [0.29, 0.717) is 0 Å². The number of fused-ring (bicyclic) bond motifs is 1. The second kappa shape index (κ2) is 9.07. The van der Waals surface area contributed by atoms with Crippen LogP contribution in [0.2, 0.25) is 0 Å². The summed E-state index contributed by atoms with van der Waals surface area (Å²) >= 11 is 0. The lowest BCUT2D eigenvalue weighted by molar-refractivity contribution is 0.301. The smallest absolute Gasteiger partial charge is 0.0162 e. The third-order valence-corrected chi connectivity index (χ3v) is 6.74. The van der Waals surface area contributed by atoms with Gasteiger partial charge in [0.05, 0.1) is 0 Å². The lowest BCUT2D eigenvalue weighted by atomic mass is 9.75. The number of benzene rings is 1. The fraction of sp³-hybridized carbons (Fsp3) is 0.750. The summed E-state index contributed by atoms with van der Waals surface area (Å²) in [6.07, 6.45) is 18.6. The summed E-state index contributed by atoms with van der Waals surface area (Å²) in [4.78, 5) is 0. The Labute approximate surface area is 150 Å². The maximum atomic E-state index is 2.58. The van der Waals surface area contributed by atoms with Gasteiger partial charge in [-0.3, -0.25) is 0 Å². The van der Waals surface area contributed by atoms with Crippen molar-refractivity contribution in [3.63, 3.8) is 0 Å². The average Bonchev–Trinajstić information content (AvgIpc) is 2.62. The normalized spacial score (nSPS) is 27.0. The maximum Gasteiger partial charge on any atom is -0.0162 e. The van der Waals surface area contributed by atoms with Crippen LogP contribution in [0.1, 0.15) is 107 Å². The zero-order valence-corrected chi connectivity index (χ0v) is 16.2. The Bertz CT molecular complexity index is 493. The Balaban J connectivity index is 1.45. The first kappa shape index (κ1) is 18.0. The Hall–Kier alpha value is -0.780. The molecule has 1 atom stereocenters. The minimum absolute atomic E-state index is 0.853. The molecule has 0 bridgehead atoms. The summed E-state index contributed by atoms with van der Waals surface area (Å²) in [6, 6.07) is 7.50. The summed E-state index contributed by atoms with van der Waals surface area (Å²) in [5.41, 5.74) is 4.96. The molecule has 0 radical (unpaired) electrons. The monoisotopic (exact) mass is 326 g/mol. The lowest BCUT2D eigenvalue weighted by Gasteiger charge is -2.30. The van der Waals surface area contributed by atoms with Crippen molar-refractivity contribution in [2.24, 2.45) is 11.8 Å². The van der Waals surface area contributed by atoms with Crippen LogP contribution in [0.25, 0.3) is 0 Å². The van der Waals surface area contributed by atoms with Gasteiger partial charge in [0.1, 0.15) is 0 Å². The van der Waals surface area contributed by atoms with Crippen LogP contribution in [0.3, 0.4) is 0 Å². The fourth-order valence-electron chi connectivity index (χ4n) is 5.03. The molecule has 0 aliphatic heterocycles. The van der Waals surface area contributed by atoms with Gasteiger partial charge in [-0.25, -0.2) is 0 Å². The fourth-order valence-corrected chi connectivity index (χ4v) is 5.03. The molecule has 24 heavy (non-hydrogen) atoms. The van der Waals surface area contributed by atoms with Crippen molar-refractivity contribution in [3.05, 3.63) is 34.9 Å². The van der Waals surface area contributed by atoms with Crippen LogP contribution in [0, 0.1) is 11.8 Å². The predicted molar refractivity (Wildman–Crippen MR) is 106 cm³/mol. The molecule has 1 fully saturated rings. The number of unbranched alkanes of at least 4 members (excludes halogenated alkanes) is 4. The van der Waals surface area contributed by atoms with Gasteiger partial charge in [-0.05, 0) is 79.4 Å². The zero-order valence-electron chi connectivity index (χ0n) is 16.2. The molecule has 134 valence electrons. The quantitative estimate of drug-likeness (QED) is 0.456. The van der Waals surface area contributed by atoms with Gasteiger partial charge in [0.15, 0.2) is 0 Å². The van der Waals surface area contributed by atoms with E-state index in [2.05, 4.69) is 32.0 Å². The van der Waals surface area contributed by atoms with Gasteiger partial charge in [-0.1, -0.05) is 70.6 Å². The van der Waals surface area contributed by atoms with Crippen molar-refractivity contribution in [1.29, 1.82) is 0 Å². The minimum Gasteiger partial charge on any atom is -0.0654 e. The number of hydrogen-bond acceptors (Lipinski definition) is 0. The van der Waals surface area contributed by atoms with Crippen LogP contribution in [0.15, 0.2) is 18.2 Å². The molecule has 2 aliphatic carbocycles. The second-order valence-corrected chi connectivity index (χ2v) is 8.80. The molecule has 1 saturated carbocycles. The van der Waals surface area contributed by atoms with Crippen molar-refractivity contribution in [3.8, 4) is 0 Å². The largest absolute Gasteiger partial charge is 0.0654 e. The van der Waals surface area contributed by atoms with Crippen molar-refractivity contribution < 1.29 is 0 Å². The molecule has 1 unspecified atom stereocenters. The van der Waals surface area contributed by atoms with E-state index in [1.54, 1.807) is 16.7 Å². The molecule has 3 rings (SSSR count). The standard InChI is InChI=1S/C24H38/c1-3-4-5-6-7-8-20-10-13-21(14-11-20)23-16-15-22-17-19(2)9-12-24(22)18-23/h15-16,18-21H,3-14,17H2,1-2H3/t19?,20-,21-. The van der Waals surface area contributed by atoms with E-state index in [1.165, 1.54) is 83.5 Å². The van der Waals surface area contributed by atoms with Crippen molar-refractivity contribution in [2.75, 3.05) is 0 Å². The molecule has 2 aliphatic rings. The zero-order chi connectivity index (χ0) is 16.8. The first-order chi connectivity index (χ1) is 11.8. The average molecular weight is 327 g/mol. The van der Waals surface area contributed by atoms with Gasteiger partial charge in [-0.2, -0.15) is 0 Å². The minimum atomic E-state index is 0.853. The van der Waals surface area contributed by atoms with Crippen LogP contribution in [-0.2, 0) is 12.8 Å². The molecular weight excluding hydrogens is 288 g/mol. The molecule has 0 nitrogen and oxygen atoms in total. The molecule has 0 aromatic heterocycles. The van der Waals surface area contributed by atoms with Crippen molar-refractivity contribution >= 4 is 0 Å². The van der Waals surface area contributed by atoms with Crippen LogP contribution >= 0.6 is 0 Å². The third-order valence-electron chi connectivity index (χ3n) is 6.74. The summed E-state index contributed by atoms with van der Waals surface area (Å²) in [5.74, 6) is 2.77.